The molecular weight excluding hydrogens is 328 g/mol. The zero-order valence-corrected chi connectivity index (χ0v) is 13.2. The summed E-state index contributed by atoms with van der Waals surface area (Å²) in [5.74, 6) is 0.524. The van der Waals surface area contributed by atoms with Gasteiger partial charge in [-0.25, -0.2) is 0 Å². The van der Waals surface area contributed by atoms with Crippen molar-refractivity contribution >= 4 is 33.4 Å². The smallest absolute Gasteiger partial charge is 0.255 e. The number of amides is 1. The van der Waals surface area contributed by atoms with E-state index in [-0.39, 0.29) is 11.9 Å². The van der Waals surface area contributed by atoms with E-state index in [9.17, 15) is 4.79 Å². The summed E-state index contributed by atoms with van der Waals surface area (Å²) in [6.45, 7) is 3.55. The Kier molecular flexibility index (Phi) is 4.87. The van der Waals surface area contributed by atoms with Gasteiger partial charge in [0.1, 0.15) is 0 Å². The lowest BCUT2D eigenvalue weighted by Gasteiger charge is -2.34. The van der Waals surface area contributed by atoms with Crippen LogP contribution in [0.1, 0.15) is 30.1 Å². The van der Waals surface area contributed by atoms with E-state index in [1.807, 2.05) is 24.0 Å². The quantitative estimate of drug-likeness (QED) is 0.894. The predicted molar refractivity (Wildman–Crippen MR) is 81.4 cm³/mol. The molecule has 0 aromatic heterocycles. The number of benzene rings is 1. The Hall–Kier alpha value is -0.580. The molecule has 0 aliphatic carbocycles. The number of nitrogens with zero attached hydrogens (tertiary/aromatic N) is 1. The molecule has 1 saturated heterocycles. The monoisotopic (exact) mass is 344 g/mol. The highest BCUT2D eigenvalue weighted by Gasteiger charge is 2.26. The molecule has 1 aliphatic heterocycles. The van der Waals surface area contributed by atoms with E-state index in [0.717, 1.165) is 30.4 Å². The summed E-state index contributed by atoms with van der Waals surface area (Å²) >= 11 is 9.52. The van der Waals surface area contributed by atoms with E-state index in [1.165, 1.54) is 0 Å². The van der Waals surface area contributed by atoms with Crippen molar-refractivity contribution in [1.29, 1.82) is 0 Å². The minimum absolute atomic E-state index is 0.00873. The maximum atomic E-state index is 12.4. The maximum Gasteiger partial charge on any atom is 0.255 e. The van der Waals surface area contributed by atoms with Crippen LogP contribution in [0.2, 0.25) is 5.02 Å². The van der Waals surface area contributed by atoms with Crippen molar-refractivity contribution < 1.29 is 4.79 Å². The molecule has 1 heterocycles. The van der Waals surface area contributed by atoms with Gasteiger partial charge in [0.2, 0.25) is 0 Å². The Balaban J connectivity index is 2.07. The average Bonchev–Trinajstić information content (AvgIpc) is 2.41. The van der Waals surface area contributed by atoms with Gasteiger partial charge in [0, 0.05) is 23.6 Å². The second-order valence-electron chi connectivity index (χ2n) is 5.09. The standard InChI is InChI=1S/C14H18BrClN2O/c1-9(17)10-5-7-18(8-6-10)14(19)11-3-2-4-12(15)13(11)16/h2-4,9-10H,5-8,17H2,1H3. The van der Waals surface area contributed by atoms with Gasteiger partial charge in [-0.3, -0.25) is 4.79 Å². The van der Waals surface area contributed by atoms with Gasteiger partial charge in [0.05, 0.1) is 10.6 Å². The van der Waals surface area contributed by atoms with Crippen LogP contribution >= 0.6 is 27.5 Å². The van der Waals surface area contributed by atoms with Crippen LogP contribution in [0.25, 0.3) is 0 Å². The molecule has 0 spiro atoms. The Morgan fingerprint density at radius 3 is 2.68 bits per heavy atom. The first-order chi connectivity index (χ1) is 9.00. The van der Waals surface area contributed by atoms with Crippen molar-refractivity contribution in [3.8, 4) is 0 Å². The summed E-state index contributed by atoms with van der Waals surface area (Å²) in [6.07, 6.45) is 1.93. The number of carbonyl (C=O) groups is 1. The van der Waals surface area contributed by atoms with Crippen molar-refractivity contribution in [2.75, 3.05) is 13.1 Å². The minimum atomic E-state index is 0.00873. The van der Waals surface area contributed by atoms with Gasteiger partial charge in [-0.05, 0) is 53.7 Å². The van der Waals surface area contributed by atoms with Gasteiger partial charge in [0.25, 0.3) is 5.91 Å². The molecule has 3 nitrogen and oxygen atoms in total. The number of hydrogen-bond donors (Lipinski definition) is 1. The molecule has 2 rings (SSSR count). The van der Waals surface area contributed by atoms with Crippen molar-refractivity contribution in [2.45, 2.75) is 25.8 Å². The molecule has 1 atom stereocenters. The fourth-order valence-corrected chi connectivity index (χ4v) is 3.04. The van der Waals surface area contributed by atoms with Gasteiger partial charge in [0.15, 0.2) is 0 Å². The minimum Gasteiger partial charge on any atom is -0.339 e. The first-order valence-corrected chi connectivity index (χ1v) is 7.66. The van der Waals surface area contributed by atoms with Crippen LogP contribution in [0.3, 0.4) is 0 Å². The molecular formula is C14H18BrClN2O. The van der Waals surface area contributed by atoms with E-state index in [4.69, 9.17) is 17.3 Å². The van der Waals surface area contributed by atoms with Gasteiger partial charge in [-0.15, -0.1) is 0 Å². The zero-order chi connectivity index (χ0) is 14.0. The summed E-state index contributed by atoms with van der Waals surface area (Å²) in [5.41, 5.74) is 6.48. The summed E-state index contributed by atoms with van der Waals surface area (Å²) in [7, 11) is 0. The van der Waals surface area contributed by atoms with E-state index in [0.29, 0.717) is 16.5 Å². The first kappa shape index (κ1) is 14.8. The van der Waals surface area contributed by atoms with Crippen LogP contribution in [0.4, 0.5) is 0 Å². The van der Waals surface area contributed by atoms with Crippen molar-refractivity contribution in [2.24, 2.45) is 11.7 Å². The molecule has 1 aliphatic rings. The third kappa shape index (κ3) is 3.30. The molecule has 1 unspecified atom stereocenters. The van der Waals surface area contributed by atoms with Gasteiger partial charge < -0.3 is 10.6 Å². The molecule has 2 N–H and O–H groups in total. The van der Waals surface area contributed by atoms with Gasteiger partial charge >= 0.3 is 0 Å². The first-order valence-electron chi connectivity index (χ1n) is 6.49. The van der Waals surface area contributed by atoms with Crippen molar-refractivity contribution in [3.05, 3.63) is 33.3 Å². The molecule has 1 aromatic rings. The lowest BCUT2D eigenvalue weighted by atomic mass is 9.90. The molecule has 1 aromatic carbocycles. The second-order valence-corrected chi connectivity index (χ2v) is 6.32. The van der Waals surface area contributed by atoms with E-state index < -0.39 is 0 Å². The van der Waals surface area contributed by atoms with Crippen LogP contribution in [-0.2, 0) is 0 Å². The number of nitrogens with two attached hydrogens (primary N) is 1. The van der Waals surface area contributed by atoms with Crippen molar-refractivity contribution in [3.63, 3.8) is 0 Å². The highest BCUT2D eigenvalue weighted by molar-refractivity contribution is 9.10. The molecule has 1 fully saturated rings. The molecule has 0 saturated carbocycles. The maximum absolute atomic E-state index is 12.4. The third-order valence-electron chi connectivity index (χ3n) is 3.75. The molecule has 5 heteroatoms. The van der Waals surface area contributed by atoms with Crippen LogP contribution in [-0.4, -0.2) is 29.9 Å². The zero-order valence-electron chi connectivity index (χ0n) is 10.9. The van der Waals surface area contributed by atoms with E-state index >= 15 is 0 Å². The number of halogens is 2. The van der Waals surface area contributed by atoms with E-state index in [2.05, 4.69) is 15.9 Å². The van der Waals surface area contributed by atoms with Crippen LogP contribution in [0, 0.1) is 5.92 Å². The summed E-state index contributed by atoms with van der Waals surface area (Å²) in [4.78, 5) is 14.3. The molecule has 1 amide bonds. The highest BCUT2D eigenvalue weighted by Crippen LogP contribution is 2.28. The van der Waals surface area contributed by atoms with Crippen LogP contribution < -0.4 is 5.73 Å². The molecule has 19 heavy (non-hydrogen) atoms. The largest absolute Gasteiger partial charge is 0.339 e. The van der Waals surface area contributed by atoms with E-state index in [1.54, 1.807) is 6.07 Å². The predicted octanol–water partition coefficient (Wildman–Crippen LogP) is 3.30. The lowest BCUT2D eigenvalue weighted by Crippen LogP contribution is -2.42. The topological polar surface area (TPSA) is 46.3 Å². The Morgan fingerprint density at radius 1 is 1.47 bits per heavy atom. The normalized spacial score (nSPS) is 18.4. The average molecular weight is 346 g/mol. The lowest BCUT2D eigenvalue weighted by molar-refractivity contribution is 0.0681. The van der Waals surface area contributed by atoms with Gasteiger partial charge in [-0.2, -0.15) is 0 Å². The fraction of sp³-hybridized carbons (Fsp3) is 0.500. The number of carbonyl (C=O) groups excluding carboxylic acids is 1. The van der Waals surface area contributed by atoms with Crippen LogP contribution in [0.15, 0.2) is 22.7 Å². The SMILES string of the molecule is CC(N)C1CCN(C(=O)c2cccc(Br)c2Cl)CC1. The summed E-state index contributed by atoms with van der Waals surface area (Å²) in [5, 5.41) is 0.488. The Labute approximate surface area is 127 Å². The van der Waals surface area contributed by atoms with Gasteiger partial charge in [-0.1, -0.05) is 17.7 Å². The summed E-state index contributed by atoms with van der Waals surface area (Å²) < 4.78 is 0.755. The third-order valence-corrected chi connectivity index (χ3v) is 5.05. The number of likely N-dealkylation sites (tertiary alicyclic amines) is 1. The molecule has 104 valence electrons. The second kappa shape index (κ2) is 6.25. The fourth-order valence-electron chi connectivity index (χ4n) is 2.47. The molecule has 0 bridgehead atoms. The van der Waals surface area contributed by atoms with Crippen LogP contribution in [0.5, 0.6) is 0 Å². The number of rotatable bonds is 2. The number of piperidine rings is 1. The number of hydrogen-bond acceptors (Lipinski definition) is 2. The Bertz CT molecular complexity index is 471. The summed E-state index contributed by atoms with van der Waals surface area (Å²) in [6, 6.07) is 5.64. The Morgan fingerprint density at radius 2 is 2.11 bits per heavy atom. The molecule has 0 radical (unpaired) electrons. The van der Waals surface area contributed by atoms with Crippen molar-refractivity contribution in [1.82, 2.24) is 4.90 Å². The highest BCUT2D eigenvalue weighted by atomic mass is 79.9.